The summed E-state index contributed by atoms with van der Waals surface area (Å²) in [6.45, 7) is 1.73. The topological polar surface area (TPSA) is 105 Å². The summed E-state index contributed by atoms with van der Waals surface area (Å²) in [5.74, 6) is -1.58. The van der Waals surface area contributed by atoms with Gasteiger partial charge in [0.15, 0.2) is 0 Å². The molecule has 1 aliphatic heterocycles. The molecule has 0 saturated carbocycles. The molecule has 1 unspecified atom stereocenters. The van der Waals surface area contributed by atoms with E-state index in [9.17, 15) is 14.9 Å². The predicted octanol–water partition coefficient (Wildman–Crippen LogP) is 3.73. The van der Waals surface area contributed by atoms with Gasteiger partial charge in [0.25, 0.3) is 0 Å². The molecular weight excluding hydrogens is 390 g/mol. The molecule has 0 saturated heterocycles. The van der Waals surface area contributed by atoms with Gasteiger partial charge in [-0.2, -0.15) is 5.26 Å². The Hall–Kier alpha value is -3.31. The number of nitrogens with zero attached hydrogens (tertiary/aromatic N) is 2. The third-order valence-electron chi connectivity index (χ3n) is 4.45. The van der Waals surface area contributed by atoms with E-state index in [1.54, 1.807) is 31.2 Å². The van der Waals surface area contributed by atoms with Crippen molar-refractivity contribution in [2.24, 2.45) is 10.9 Å². The van der Waals surface area contributed by atoms with Gasteiger partial charge < -0.3 is 14.5 Å². The first kappa shape index (κ1) is 20.4. The lowest BCUT2D eigenvalue weighted by atomic mass is 9.79. The Labute approximate surface area is 172 Å². The van der Waals surface area contributed by atoms with Crippen molar-refractivity contribution in [2.75, 3.05) is 18.2 Å². The molecule has 0 radical (unpaired) electrons. The number of hydrogen-bond donors (Lipinski definition) is 1. The number of ether oxygens (including phenoxy) is 1. The van der Waals surface area contributed by atoms with E-state index in [2.05, 4.69) is 21.1 Å². The average molecular weight is 409 g/mol. The fourth-order valence-corrected chi connectivity index (χ4v) is 4.01. The highest BCUT2D eigenvalue weighted by Gasteiger charge is 2.41. The summed E-state index contributed by atoms with van der Waals surface area (Å²) in [4.78, 5) is 29.1. The second-order valence-electron chi connectivity index (χ2n) is 6.27. The molecule has 2 atom stereocenters. The lowest BCUT2D eigenvalue weighted by Crippen LogP contribution is -2.36. The van der Waals surface area contributed by atoms with Crippen LogP contribution in [-0.2, 0) is 14.3 Å². The van der Waals surface area contributed by atoms with Crippen LogP contribution in [0.1, 0.15) is 18.6 Å². The van der Waals surface area contributed by atoms with Gasteiger partial charge in [-0.1, -0.05) is 30.0 Å². The van der Waals surface area contributed by atoms with Gasteiger partial charge in [-0.25, -0.2) is 4.99 Å². The number of nitrogens with one attached hydrogen (secondary N) is 1. The van der Waals surface area contributed by atoms with Gasteiger partial charge in [0.1, 0.15) is 10.8 Å². The molecule has 2 aromatic rings. The number of carbonyl (C=O) groups excluding carboxylic acids is 2. The van der Waals surface area contributed by atoms with Crippen LogP contribution < -0.4 is 5.32 Å². The maximum Gasteiger partial charge on any atom is 0.316 e. The van der Waals surface area contributed by atoms with E-state index in [1.807, 2.05) is 18.2 Å². The van der Waals surface area contributed by atoms with Crippen LogP contribution in [0.4, 0.5) is 5.69 Å². The van der Waals surface area contributed by atoms with Crippen LogP contribution >= 0.6 is 11.8 Å². The Balaban J connectivity index is 1.98. The Morgan fingerprint density at radius 3 is 2.66 bits per heavy atom. The minimum Gasteiger partial charge on any atom is -0.469 e. The van der Waals surface area contributed by atoms with Crippen LogP contribution in [0.15, 0.2) is 68.7 Å². The predicted molar refractivity (Wildman–Crippen MR) is 110 cm³/mol. The van der Waals surface area contributed by atoms with E-state index < -0.39 is 17.8 Å². The van der Waals surface area contributed by atoms with Crippen molar-refractivity contribution in [2.45, 2.75) is 12.8 Å². The molecule has 1 amide bonds. The number of amides is 1. The van der Waals surface area contributed by atoms with E-state index in [0.29, 0.717) is 22.2 Å². The summed E-state index contributed by atoms with van der Waals surface area (Å²) >= 11 is 1.11. The zero-order valence-electron chi connectivity index (χ0n) is 15.9. The van der Waals surface area contributed by atoms with E-state index in [1.165, 1.54) is 13.4 Å². The van der Waals surface area contributed by atoms with Crippen LogP contribution in [0, 0.1) is 17.2 Å². The molecular formula is C21H19N3O4S. The Kier molecular flexibility index (Phi) is 6.52. The molecule has 148 valence electrons. The van der Waals surface area contributed by atoms with Crippen molar-refractivity contribution in [3.05, 3.63) is 65.1 Å². The van der Waals surface area contributed by atoms with Crippen molar-refractivity contribution in [1.29, 1.82) is 5.26 Å². The fourth-order valence-electron chi connectivity index (χ4n) is 3.10. The van der Waals surface area contributed by atoms with E-state index in [-0.39, 0.29) is 17.2 Å². The first-order valence-corrected chi connectivity index (χ1v) is 9.82. The smallest absolute Gasteiger partial charge is 0.316 e. The number of benzene rings is 1. The molecule has 3 rings (SSSR count). The number of nitriles is 1. The highest BCUT2D eigenvalue weighted by molar-refractivity contribution is 8.03. The molecule has 0 bridgehead atoms. The fraction of sp³-hybridized carbons (Fsp3) is 0.238. The number of carbonyl (C=O) groups is 2. The third kappa shape index (κ3) is 4.58. The molecule has 0 fully saturated rings. The van der Waals surface area contributed by atoms with E-state index >= 15 is 0 Å². The largest absolute Gasteiger partial charge is 0.469 e. The number of rotatable bonds is 6. The average Bonchev–Trinajstić information content (AvgIpc) is 3.26. The van der Waals surface area contributed by atoms with Gasteiger partial charge in [-0.05, 0) is 31.2 Å². The standard InChI is InChI=1S/C21H19N3O4S/c1-13-18(20(26)24-14-7-4-3-5-8-14)19(16-9-6-10-28-16)15(11-22)21(23-13)29-12-17(25)27-2/h3-10,18-19H,12H2,1-2H3,(H,24,26)/t18?,19-/m1/s1. The monoisotopic (exact) mass is 409 g/mol. The van der Waals surface area contributed by atoms with Crippen LogP contribution in [0.25, 0.3) is 0 Å². The molecule has 0 aliphatic carbocycles. The number of esters is 1. The van der Waals surface area contributed by atoms with E-state index in [4.69, 9.17) is 4.42 Å². The lowest BCUT2D eigenvalue weighted by Gasteiger charge is -2.29. The van der Waals surface area contributed by atoms with Gasteiger partial charge >= 0.3 is 5.97 Å². The first-order valence-electron chi connectivity index (χ1n) is 8.83. The van der Waals surface area contributed by atoms with Crippen LogP contribution in [0.2, 0.25) is 0 Å². The molecule has 0 spiro atoms. The molecule has 7 nitrogen and oxygen atoms in total. The van der Waals surface area contributed by atoms with Gasteiger partial charge in [0.05, 0.1) is 42.6 Å². The second-order valence-corrected chi connectivity index (χ2v) is 7.24. The number of anilines is 1. The number of furan rings is 1. The number of hydrogen-bond acceptors (Lipinski definition) is 7. The van der Waals surface area contributed by atoms with Crippen molar-refractivity contribution in [1.82, 2.24) is 0 Å². The number of allylic oxidation sites excluding steroid dienone is 1. The second kappa shape index (κ2) is 9.26. The number of methoxy groups -OCH3 is 1. The summed E-state index contributed by atoms with van der Waals surface area (Å²) < 4.78 is 10.2. The van der Waals surface area contributed by atoms with Gasteiger partial charge in [-0.15, -0.1) is 0 Å². The SMILES string of the molecule is COC(=O)CSC1=C(C#N)[C@H](c2ccco2)C(C(=O)Nc2ccccc2)C(C)=N1. The lowest BCUT2D eigenvalue weighted by molar-refractivity contribution is -0.137. The minimum atomic E-state index is -0.724. The summed E-state index contributed by atoms with van der Waals surface area (Å²) in [5.41, 5.74) is 1.47. The summed E-state index contributed by atoms with van der Waals surface area (Å²) in [6, 6.07) is 14.7. The normalized spacial score (nSPS) is 18.6. The van der Waals surface area contributed by atoms with E-state index in [0.717, 1.165) is 11.8 Å². The molecule has 1 aliphatic rings. The summed E-state index contributed by atoms with van der Waals surface area (Å²) in [5, 5.41) is 13.1. The van der Waals surface area contributed by atoms with Crippen molar-refractivity contribution >= 4 is 35.0 Å². The van der Waals surface area contributed by atoms with Crippen LogP contribution in [0.3, 0.4) is 0 Å². The molecule has 1 aromatic carbocycles. The van der Waals surface area contributed by atoms with Crippen molar-refractivity contribution in [3.63, 3.8) is 0 Å². The Morgan fingerprint density at radius 1 is 1.28 bits per heavy atom. The number of para-hydroxylation sites is 1. The van der Waals surface area contributed by atoms with Crippen LogP contribution in [0.5, 0.6) is 0 Å². The third-order valence-corrected chi connectivity index (χ3v) is 5.42. The molecule has 1 N–H and O–H groups in total. The molecule has 1 aromatic heterocycles. The Morgan fingerprint density at radius 2 is 2.03 bits per heavy atom. The Bertz CT molecular complexity index is 991. The molecule has 8 heteroatoms. The number of thioether (sulfide) groups is 1. The van der Waals surface area contributed by atoms with Gasteiger partial charge in [0.2, 0.25) is 5.91 Å². The maximum atomic E-state index is 13.1. The quantitative estimate of drug-likeness (QED) is 0.729. The highest BCUT2D eigenvalue weighted by atomic mass is 32.2. The summed E-state index contributed by atoms with van der Waals surface area (Å²) in [7, 11) is 1.30. The van der Waals surface area contributed by atoms with Gasteiger partial charge in [-0.3, -0.25) is 9.59 Å². The van der Waals surface area contributed by atoms with Gasteiger partial charge in [0, 0.05) is 11.4 Å². The zero-order valence-corrected chi connectivity index (χ0v) is 16.7. The molecule has 29 heavy (non-hydrogen) atoms. The summed E-state index contributed by atoms with van der Waals surface area (Å²) in [6.07, 6.45) is 1.50. The van der Waals surface area contributed by atoms with Crippen molar-refractivity contribution in [3.8, 4) is 6.07 Å². The highest BCUT2D eigenvalue weighted by Crippen LogP contribution is 2.42. The molecule has 2 heterocycles. The zero-order chi connectivity index (χ0) is 20.8. The van der Waals surface area contributed by atoms with Crippen molar-refractivity contribution < 1.29 is 18.7 Å². The minimum absolute atomic E-state index is 0.0134. The number of aliphatic imine (C=N–C) groups is 1. The van der Waals surface area contributed by atoms with Crippen LogP contribution in [-0.4, -0.2) is 30.5 Å². The first-order chi connectivity index (χ1) is 14.0. The maximum absolute atomic E-state index is 13.1.